The Morgan fingerprint density at radius 2 is 1.84 bits per heavy atom. The Labute approximate surface area is 157 Å². The molecule has 0 radical (unpaired) electrons. The molecule has 0 amide bonds. The summed E-state index contributed by atoms with van der Waals surface area (Å²) in [5, 5.41) is 0. The van der Waals surface area contributed by atoms with Gasteiger partial charge in [0.05, 0.1) is 5.41 Å². The number of hydrogen-bond acceptors (Lipinski definition) is 2. The van der Waals surface area contributed by atoms with Gasteiger partial charge in [-0.1, -0.05) is 73.1 Å². The number of hydrogen-bond donors (Lipinski definition) is 0. The van der Waals surface area contributed by atoms with Crippen molar-refractivity contribution >= 4 is 5.97 Å². The first kappa shape index (κ1) is 23.9. The molecule has 0 aromatic carbocycles. The quantitative estimate of drug-likeness (QED) is 0.503. The van der Waals surface area contributed by atoms with Crippen molar-refractivity contribution in [2.75, 3.05) is 6.61 Å². The molecule has 1 heterocycles. The highest BCUT2D eigenvalue weighted by Crippen LogP contribution is 2.41. The zero-order valence-electron chi connectivity index (χ0n) is 18.0. The molecule has 4 atom stereocenters. The van der Waals surface area contributed by atoms with Crippen LogP contribution in [0.1, 0.15) is 87.5 Å². The normalized spacial score (nSPS) is 31.9. The molecule has 1 fully saturated rings. The minimum atomic E-state index is -0.139. The van der Waals surface area contributed by atoms with Gasteiger partial charge in [0.2, 0.25) is 0 Å². The number of allylic oxidation sites excluding steroid dienone is 4. The van der Waals surface area contributed by atoms with Crippen LogP contribution in [0.2, 0.25) is 0 Å². The van der Waals surface area contributed by atoms with Gasteiger partial charge in [-0.3, -0.25) is 4.79 Å². The topological polar surface area (TPSA) is 26.3 Å². The standard InChI is InChI=1S/C13H20.C6H10O2.2C2H6/c1-3-12-10(2)8-9-11-6-4-5-7-13(11)12;1-3-6(2)4-8-5(6)7;2*1-2/h6,8-10,12-13H,3-5,7H2,1-2H3;3-4H2,1-2H3;2*1-2H3. The van der Waals surface area contributed by atoms with E-state index in [1.165, 1.54) is 25.7 Å². The van der Waals surface area contributed by atoms with E-state index in [-0.39, 0.29) is 11.4 Å². The van der Waals surface area contributed by atoms with Gasteiger partial charge in [-0.15, -0.1) is 0 Å². The molecule has 25 heavy (non-hydrogen) atoms. The van der Waals surface area contributed by atoms with Crippen LogP contribution < -0.4 is 0 Å². The number of cyclic esters (lactones) is 1. The van der Waals surface area contributed by atoms with Crippen molar-refractivity contribution in [3.05, 3.63) is 23.8 Å². The second-order valence-electron chi connectivity index (χ2n) is 7.02. The fourth-order valence-corrected chi connectivity index (χ4v) is 3.63. The number of carbonyl (C=O) groups is 1. The van der Waals surface area contributed by atoms with E-state index in [2.05, 4.69) is 36.8 Å². The van der Waals surface area contributed by atoms with Crippen molar-refractivity contribution in [1.29, 1.82) is 0 Å². The van der Waals surface area contributed by atoms with Crippen LogP contribution in [0.25, 0.3) is 0 Å². The van der Waals surface area contributed by atoms with E-state index in [0.29, 0.717) is 6.61 Å². The third-order valence-corrected chi connectivity index (χ3v) is 5.58. The lowest BCUT2D eigenvalue weighted by Gasteiger charge is -2.36. The van der Waals surface area contributed by atoms with Crippen LogP contribution in [0.5, 0.6) is 0 Å². The van der Waals surface area contributed by atoms with Crippen molar-refractivity contribution < 1.29 is 9.53 Å². The van der Waals surface area contributed by atoms with Crippen molar-refractivity contribution in [3.8, 4) is 0 Å². The molecular weight excluding hydrogens is 308 g/mol. The van der Waals surface area contributed by atoms with Gasteiger partial charge < -0.3 is 4.74 Å². The predicted molar refractivity (Wildman–Crippen MR) is 110 cm³/mol. The maximum Gasteiger partial charge on any atom is 0.315 e. The SMILES string of the molecule is CC.CC.CCC1(C)COC1=O.CCC1C(C)C=CC2=CCCCC21. The molecule has 2 nitrogen and oxygen atoms in total. The van der Waals surface area contributed by atoms with Gasteiger partial charge >= 0.3 is 5.97 Å². The fraction of sp³-hybridized carbons (Fsp3) is 0.783. The molecule has 2 aliphatic carbocycles. The third kappa shape index (κ3) is 6.31. The molecule has 0 N–H and O–H groups in total. The highest BCUT2D eigenvalue weighted by Gasteiger charge is 2.42. The summed E-state index contributed by atoms with van der Waals surface area (Å²) in [7, 11) is 0. The molecule has 0 spiro atoms. The first-order valence-corrected chi connectivity index (χ1v) is 10.6. The number of rotatable bonds is 2. The third-order valence-electron chi connectivity index (χ3n) is 5.58. The molecule has 2 heteroatoms. The second-order valence-corrected chi connectivity index (χ2v) is 7.02. The summed E-state index contributed by atoms with van der Waals surface area (Å²) >= 11 is 0. The average molecular weight is 351 g/mol. The van der Waals surface area contributed by atoms with Gasteiger partial charge in [-0.2, -0.15) is 0 Å². The van der Waals surface area contributed by atoms with Crippen LogP contribution in [0.3, 0.4) is 0 Å². The van der Waals surface area contributed by atoms with Gasteiger partial charge in [-0.25, -0.2) is 0 Å². The molecule has 146 valence electrons. The van der Waals surface area contributed by atoms with Crippen LogP contribution in [-0.4, -0.2) is 12.6 Å². The van der Waals surface area contributed by atoms with Crippen molar-refractivity contribution in [3.63, 3.8) is 0 Å². The lowest BCUT2D eigenvalue weighted by molar-refractivity contribution is -0.183. The highest BCUT2D eigenvalue weighted by atomic mass is 16.6. The summed E-state index contributed by atoms with van der Waals surface area (Å²) in [6.45, 7) is 17.3. The minimum Gasteiger partial charge on any atom is -0.464 e. The van der Waals surface area contributed by atoms with Crippen LogP contribution in [0.15, 0.2) is 23.8 Å². The summed E-state index contributed by atoms with van der Waals surface area (Å²) < 4.78 is 4.60. The lowest BCUT2D eigenvalue weighted by atomic mass is 9.69. The summed E-state index contributed by atoms with van der Waals surface area (Å²) in [6, 6.07) is 0. The summed E-state index contributed by atoms with van der Waals surface area (Å²) in [4.78, 5) is 10.6. The molecule has 3 aliphatic rings. The second kappa shape index (κ2) is 12.3. The molecule has 0 aromatic rings. The summed E-state index contributed by atoms with van der Waals surface area (Å²) in [6.07, 6.45) is 13.6. The van der Waals surface area contributed by atoms with Crippen molar-refractivity contribution in [1.82, 2.24) is 0 Å². The zero-order chi connectivity index (χ0) is 19.5. The Kier molecular flexibility index (Phi) is 11.8. The van der Waals surface area contributed by atoms with E-state index in [0.717, 1.165) is 24.2 Å². The van der Waals surface area contributed by atoms with Crippen molar-refractivity contribution in [2.24, 2.45) is 23.2 Å². The maximum absolute atomic E-state index is 10.6. The number of ether oxygens (including phenoxy) is 1. The zero-order valence-corrected chi connectivity index (χ0v) is 18.0. The van der Waals surface area contributed by atoms with Gasteiger partial charge in [0.25, 0.3) is 0 Å². The molecule has 0 bridgehead atoms. The molecule has 4 unspecified atom stereocenters. The van der Waals surface area contributed by atoms with E-state index in [1.54, 1.807) is 5.57 Å². The molecule has 1 saturated heterocycles. The van der Waals surface area contributed by atoms with Crippen LogP contribution in [0.4, 0.5) is 0 Å². The summed E-state index contributed by atoms with van der Waals surface area (Å²) in [5.41, 5.74) is 1.50. The molecule has 0 saturated carbocycles. The van der Waals surface area contributed by atoms with E-state index < -0.39 is 0 Å². The predicted octanol–water partition coefficient (Wildman–Crippen LogP) is 6.96. The van der Waals surface area contributed by atoms with Crippen molar-refractivity contribution in [2.45, 2.75) is 87.5 Å². The lowest BCUT2D eigenvalue weighted by Crippen LogP contribution is -2.44. The van der Waals surface area contributed by atoms with Gasteiger partial charge in [-0.05, 0) is 55.9 Å². The molecule has 1 aliphatic heterocycles. The number of fused-ring (bicyclic) bond motifs is 1. The average Bonchev–Trinajstić information content (AvgIpc) is 2.69. The van der Waals surface area contributed by atoms with E-state index >= 15 is 0 Å². The largest absolute Gasteiger partial charge is 0.464 e. The monoisotopic (exact) mass is 350 g/mol. The number of esters is 1. The Bertz CT molecular complexity index is 431. The first-order chi connectivity index (χ1) is 12.0. The van der Waals surface area contributed by atoms with Crippen LogP contribution in [0, 0.1) is 23.2 Å². The Hall–Kier alpha value is -1.05. The Morgan fingerprint density at radius 3 is 2.24 bits per heavy atom. The highest BCUT2D eigenvalue weighted by molar-refractivity contribution is 5.81. The van der Waals surface area contributed by atoms with Gasteiger partial charge in [0.15, 0.2) is 0 Å². The Balaban J connectivity index is 0.000000414. The molecule has 0 aromatic heterocycles. The Morgan fingerprint density at radius 1 is 1.20 bits per heavy atom. The van der Waals surface area contributed by atoms with Crippen LogP contribution in [-0.2, 0) is 9.53 Å². The van der Waals surface area contributed by atoms with Gasteiger partial charge in [0.1, 0.15) is 6.61 Å². The van der Waals surface area contributed by atoms with E-state index in [4.69, 9.17) is 0 Å². The fourth-order valence-electron chi connectivity index (χ4n) is 3.63. The van der Waals surface area contributed by atoms with Gasteiger partial charge in [0, 0.05) is 0 Å². The number of carbonyl (C=O) groups excluding carboxylic acids is 1. The first-order valence-electron chi connectivity index (χ1n) is 10.6. The minimum absolute atomic E-state index is 0.0417. The maximum atomic E-state index is 10.6. The molecular formula is C23H42O2. The van der Waals surface area contributed by atoms with E-state index in [9.17, 15) is 4.79 Å². The van der Waals surface area contributed by atoms with Crippen LogP contribution >= 0.6 is 0 Å². The summed E-state index contributed by atoms with van der Waals surface area (Å²) in [5.74, 6) is 2.56. The van der Waals surface area contributed by atoms with E-state index in [1.807, 2.05) is 41.5 Å². The molecule has 3 rings (SSSR count). The smallest absolute Gasteiger partial charge is 0.315 e.